The van der Waals surface area contributed by atoms with Gasteiger partial charge in [0.25, 0.3) is 0 Å². The highest BCUT2D eigenvalue weighted by atomic mass is 16.5. The molecule has 2 N–H and O–H groups in total. The van der Waals surface area contributed by atoms with Gasteiger partial charge in [-0.1, -0.05) is 6.07 Å². The second kappa shape index (κ2) is 6.39. The average Bonchev–Trinajstić information content (AvgIpc) is 2.86. The van der Waals surface area contributed by atoms with Gasteiger partial charge in [-0.05, 0) is 24.3 Å². The highest BCUT2D eigenvalue weighted by molar-refractivity contribution is 5.74. The van der Waals surface area contributed by atoms with Crippen molar-refractivity contribution in [2.24, 2.45) is 0 Å². The number of oxazole rings is 1. The highest BCUT2D eigenvalue weighted by Gasteiger charge is 2.03. The van der Waals surface area contributed by atoms with Crippen molar-refractivity contribution in [1.82, 2.24) is 4.98 Å². The Morgan fingerprint density at radius 2 is 1.82 bits per heavy atom. The zero-order valence-corrected chi connectivity index (χ0v) is 12.4. The number of hydrogen-bond acceptors (Lipinski definition) is 5. The quantitative estimate of drug-likeness (QED) is 0.556. The first kappa shape index (κ1) is 14.3. The summed E-state index contributed by atoms with van der Waals surface area (Å²) in [5.74, 6) is 2.20. The van der Waals surface area contributed by atoms with E-state index in [2.05, 4.69) is 4.98 Å². The van der Waals surface area contributed by atoms with Gasteiger partial charge in [0.05, 0.1) is 13.2 Å². The Morgan fingerprint density at radius 1 is 1.05 bits per heavy atom. The van der Waals surface area contributed by atoms with Crippen LogP contribution in [0.25, 0.3) is 11.1 Å². The summed E-state index contributed by atoms with van der Waals surface area (Å²) in [6, 6.07) is 13.0. The number of nitrogen functional groups attached to an aromatic ring is 1. The third kappa shape index (κ3) is 3.49. The molecule has 2 aromatic carbocycles. The molecule has 1 aromatic heterocycles. The van der Waals surface area contributed by atoms with Gasteiger partial charge in [-0.15, -0.1) is 0 Å². The van der Waals surface area contributed by atoms with E-state index in [1.807, 2.05) is 43.3 Å². The maximum absolute atomic E-state index is 5.69. The SMILES string of the molecule is Cc1nc2ccc(OCCCOc3cccc(N)c3)cc2o1. The van der Waals surface area contributed by atoms with E-state index in [9.17, 15) is 0 Å². The van der Waals surface area contributed by atoms with Crippen LogP contribution < -0.4 is 15.2 Å². The summed E-state index contributed by atoms with van der Waals surface area (Å²) in [4.78, 5) is 4.25. The van der Waals surface area contributed by atoms with Crippen molar-refractivity contribution in [3.63, 3.8) is 0 Å². The first-order valence-corrected chi connectivity index (χ1v) is 7.19. The van der Waals surface area contributed by atoms with Crippen LogP contribution in [-0.2, 0) is 0 Å². The fourth-order valence-electron chi connectivity index (χ4n) is 2.15. The van der Waals surface area contributed by atoms with Crippen molar-refractivity contribution >= 4 is 16.8 Å². The van der Waals surface area contributed by atoms with Crippen LogP contribution in [0.5, 0.6) is 11.5 Å². The van der Waals surface area contributed by atoms with Crippen LogP contribution in [0.15, 0.2) is 46.9 Å². The summed E-state index contributed by atoms with van der Waals surface area (Å²) >= 11 is 0. The molecule has 0 aliphatic rings. The Kier molecular flexibility index (Phi) is 4.14. The zero-order valence-electron chi connectivity index (χ0n) is 12.4. The lowest BCUT2D eigenvalue weighted by molar-refractivity contribution is 0.247. The van der Waals surface area contributed by atoms with Crippen molar-refractivity contribution in [3.8, 4) is 11.5 Å². The lowest BCUT2D eigenvalue weighted by Crippen LogP contribution is -2.05. The van der Waals surface area contributed by atoms with Crippen molar-refractivity contribution < 1.29 is 13.9 Å². The maximum atomic E-state index is 5.69. The summed E-state index contributed by atoms with van der Waals surface area (Å²) < 4.78 is 16.8. The molecule has 0 fully saturated rings. The zero-order chi connectivity index (χ0) is 15.4. The van der Waals surface area contributed by atoms with E-state index >= 15 is 0 Å². The molecule has 114 valence electrons. The average molecular weight is 298 g/mol. The molecule has 3 rings (SSSR count). The fraction of sp³-hybridized carbons (Fsp3) is 0.235. The summed E-state index contributed by atoms with van der Waals surface area (Å²) in [7, 11) is 0. The fourth-order valence-corrected chi connectivity index (χ4v) is 2.15. The summed E-state index contributed by atoms with van der Waals surface area (Å²) in [5.41, 5.74) is 7.98. The number of rotatable bonds is 6. The van der Waals surface area contributed by atoms with E-state index < -0.39 is 0 Å². The van der Waals surface area contributed by atoms with Gasteiger partial charge in [-0.3, -0.25) is 0 Å². The number of ether oxygens (including phenoxy) is 2. The number of aromatic nitrogens is 1. The van der Waals surface area contributed by atoms with E-state index in [0.29, 0.717) is 24.8 Å². The van der Waals surface area contributed by atoms with Crippen LogP contribution in [-0.4, -0.2) is 18.2 Å². The number of nitrogens with zero attached hydrogens (tertiary/aromatic N) is 1. The van der Waals surface area contributed by atoms with Crippen LogP contribution in [0.4, 0.5) is 5.69 Å². The summed E-state index contributed by atoms with van der Waals surface area (Å²) in [6.45, 7) is 2.97. The highest BCUT2D eigenvalue weighted by Crippen LogP contribution is 2.21. The Morgan fingerprint density at radius 3 is 2.59 bits per heavy atom. The van der Waals surface area contributed by atoms with Gasteiger partial charge in [0.15, 0.2) is 11.5 Å². The molecule has 5 heteroatoms. The van der Waals surface area contributed by atoms with Gasteiger partial charge in [0, 0.05) is 31.2 Å². The molecule has 0 unspecified atom stereocenters. The second-order valence-corrected chi connectivity index (χ2v) is 4.99. The van der Waals surface area contributed by atoms with Crippen LogP contribution in [0.2, 0.25) is 0 Å². The molecule has 0 saturated carbocycles. The second-order valence-electron chi connectivity index (χ2n) is 4.99. The van der Waals surface area contributed by atoms with E-state index in [0.717, 1.165) is 29.0 Å². The van der Waals surface area contributed by atoms with Crippen molar-refractivity contribution in [2.75, 3.05) is 18.9 Å². The first-order chi connectivity index (χ1) is 10.7. The van der Waals surface area contributed by atoms with Gasteiger partial charge >= 0.3 is 0 Å². The smallest absolute Gasteiger partial charge is 0.192 e. The van der Waals surface area contributed by atoms with Gasteiger partial charge < -0.3 is 19.6 Å². The third-order valence-corrected chi connectivity index (χ3v) is 3.15. The van der Waals surface area contributed by atoms with Crippen LogP contribution in [0.3, 0.4) is 0 Å². The number of hydrogen-bond donors (Lipinski definition) is 1. The molecule has 0 aliphatic carbocycles. The molecular weight excluding hydrogens is 280 g/mol. The molecular formula is C17H18N2O3. The predicted molar refractivity (Wildman–Crippen MR) is 85.2 cm³/mol. The van der Waals surface area contributed by atoms with Gasteiger partial charge in [0.2, 0.25) is 0 Å². The molecule has 5 nitrogen and oxygen atoms in total. The maximum Gasteiger partial charge on any atom is 0.192 e. The minimum atomic E-state index is 0.570. The number of aryl methyl sites for hydroxylation is 1. The molecule has 0 spiro atoms. The molecule has 0 saturated heterocycles. The standard InChI is InChI=1S/C17H18N2O3/c1-12-19-16-7-6-15(11-17(16)22-12)21-9-3-8-20-14-5-2-4-13(18)10-14/h2,4-7,10-11H,3,8-9,18H2,1H3. The number of benzene rings is 2. The van der Waals surface area contributed by atoms with Crippen molar-refractivity contribution in [1.29, 1.82) is 0 Å². The van der Waals surface area contributed by atoms with Gasteiger partial charge in [0.1, 0.15) is 17.0 Å². The molecule has 0 bridgehead atoms. The largest absolute Gasteiger partial charge is 0.493 e. The summed E-state index contributed by atoms with van der Waals surface area (Å²) in [5, 5.41) is 0. The lowest BCUT2D eigenvalue weighted by atomic mass is 10.3. The summed E-state index contributed by atoms with van der Waals surface area (Å²) in [6.07, 6.45) is 0.780. The van der Waals surface area contributed by atoms with Crippen LogP contribution in [0.1, 0.15) is 12.3 Å². The third-order valence-electron chi connectivity index (χ3n) is 3.15. The van der Waals surface area contributed by atoms with Gasteiger partial charge in [-0.2, -0.15) is 0 Å². The number of nitrogens with two attached hydrogens (primary N) is 1. The molecule has 0 radical (unpaired) electrons. The minimum absolute atomic E-state index is 0.570. The predicted octanol–water partition coefficient (Wildman–Crippen LogP) is 3.57. The monoisotopic (exact) mass is 298 g/mol. The topological polar surface area (TPSA) is 70.5 Å². The molecule has 3 aromatic rings. The van der Waals surface area contributed by atoms with E-state index in [-0.39, 0.29) is 0 Å². The Balaban J connectivity index is 1.46. The van der Waals surface area contributed by atoms with E-state index in [1.165, 1.54) is 0 Å². The van der Waals surface area contributed by atoms with Crippen molar-refractivity contribution in [3.05, 3.63) is 48.4 Å². The lowest BCUT2D eigenvalue weighted by Gasteiger charge is -2.08. The van der Waals surface area contributed by atoms with Crippen LogP contribution in [0, 0.1) is 6.92 Å². The first-order valence-electron chi connectivity index (χ1n) is 7.19. The molecule has 0 aliphatic heterocycles. The molecule has 0 atom stereocenters. The van der Waals surface area contributed by atoms with Crippen molar-refractivity contribution in [2.45, 2.75) is 13.3 Å². The van der Waals surface area contributed by atoms with E-state index in [4.69, 9.17) is 19.6 Å². The van der Waals surface area contributed by atoms with Gasteiger partial charge in [-0.25, -0.2) is 4.98 Å². The normalized spacial score (nSPS) is 10.8. The minimum Gasteiger partial charge on any atom is -0.493 e. The van der Waals surface area contributed by atoms with E-state index in [1.54, 1.807) is 6.07 Å². The molecule has 22 heavy (non-hydrogen) atoms. The molecule has 0 amide bonds. The number of anilines is 1. The Hall–Kier alpha value is -2.69. The number of fused-ring (bicyclic) bond motifs is 1. The molecule has 1 heterocycles. The Bertz CT molecular complexity index is 767. The van der Waals surface area contributed by atoms with Crippen LogP contribution >= 0.6 is 0 Å². The Labute approximate surface area is 128 Å².